The van der Waals surface area contributed by atoms with E-state index in [-0.39, 0.29) is 12.1 Å². The van der Waals surface area contributed by atoms with Crippen molar-refractivity contribution in [2.45, 2.75) is 44.8 Å². The highest BCUT2D eigenvalue weighted by atomic mass is 16.5. The van der Waals surface area contributed by atoms with Crippen LogP contribution in [0.3, 0.4) is 0 Å². The van der Waals surface area contributed by atoms with E-state index < -0.39 is 0 Å². The van der Waals surface area contributed by atoms with Gasteiger partial charge in [-0.25, -0.2) is 0 Å². The van der Waals surface area contributed by atoms with Gasteiger partial charge < -0.3 is 10.5 Å². The molecule has 2 aromatic carbocycles. The van der Waals surface area contributed by atoms with Gasteiger partial charge in [-0.1, -0.05) is 49.4 Å². The topological polar surface area (TPSA) is 35.2 Å². The smallest absolute Gasteiger partial charge is 0.122 e. The molecule has 0 spiro atoms. The van der Waals surface area contributed by atoms with Crippen LogP contribution in [0.1, 0.15) is 42.5 Å². The summed E-state index contributed by atoms with van der Waals surface area (Å²) in [5, 5.41) is 0. The van der Waals surface area contributed by atoms with Crippen LogP contribution < -0.4 is 10.5 Å². The first-order chi connectivity index (χ1) is 10.3. The largest absolute Gasteiger partial charge is 0.488 e. The summed E-state index contributed by atoms with van der Waals surface area (Å²) in [4.78, 5) is 0. The summed E-state index contributed by atoms with van der Waals surface area (Å²) in [6.45, 7) is 2.16. The molecule has 0 aliphatic heterocycles. The quantitative estimate of drug-likeness (QED) is 0.862. The highest BCUT2D eigenvalue weighted by Gasteiger charge is 2.26. The van der Waals surface area contributed by atoms with Gasteiger partial charge in [0.05, 0.1) is 6.04 Å². The van der Waals surface area contributed by atoms with Crippen molar-refractivity contribution >= 4 is 0 Å². The molecule has 0 saturated heterocycles. The highest BCUT2D eigenvalue weighted by molar-refractivity contribution is 5.35. The van der Waals surface area contributed by atoms with Crippen LogP contribution >= 0.6 is 0 Å². The number of para-hydroxylation sites is 1. The Hall–Kier alpha value is -1.80. The van der Waals surface area contributed by atoms with Crippen LogP contribution in [0.5, 0.6) is 5.75 Å². The molecule has 1 aliphatic carbocycles. The van der Waals surface area contributed by atoms with E-state index in [1.807, 2.05) is 6.07 Å². The van der Waals surface area contributed by atoms with Gasteiger partial charge in [0.2, 0.25) is 0 Å². The third kappa shape index (κ3) is 2.96. The van der Waals surface area contributed by atoms with Crippen LogP contribution in [0.15, 0.2) is 48.5 Å². The van der Waals surface area contributed by atoms with E-state index in [1.165, 1.54) is 16.7 Å². The van der Waals surface area contributed by atoms with Gasteiger partial charge in [0.15, 0.2) is 0 Å². The first-order valence-electron chi connectivity index (χ1n) is 7.87. The summed E-state index contributed by atoms with van der Waals surface area (Å²) in [6.07, 6.45) is 4.27. The van der Waals surface area contributed by atoms with Crippen molar-refractivity contribution in [3.63, 3.8) is 0 Å². The van der Waals surface area contributed by atoms with Crippen molar-refractivity contribution in [2.75, 3.05) is 0 Å². The van der Waals surface area contributed by atoms with Crippen LogP contribution in [0, 0.1) is 0 Å². The van der Waals surface area contributed by atoms with E-state index in [4.69, 9.17) is 10.5 Å². The van der Waals surface area contributed by atoms with Crippen molar-refractivity contribution in [3.8, 4) is 5.75 Å². The van der Waals surface area contributed by atoms with Crippen molar-refractivity contribution in [1.82, 2.24) is 0 Å². The number of fused-ring (bicyclic) bond motifs is 1. The van der Waals surface area contributed by atoms with Crippen molar-refractivity contribution in [3.05, 3.63) is 65.2 Å². The Kier molecular flexibility index (Phi) is 4.26. The molecule has 21 heavy (non-hydrogen) atoms. The summed E-state index contributed by atoms with van der Waals surface area (Å²) in [7, 11) is 0. The van der Waals surface area contributed by atoms with E-state index >= 15 is 0 Å². The van der Waals surface area contributed by atoms with Crippen LogP contribution in [0.4, 0.5) is 0 Å². The van der Waals surface area contributed by atoms with Gasteiger partial charge in [0, 0.05) is 0 Å². The molecule has 0 radical (unpaired) electrons. The number of aryl methyl sites for hydroxylation is 2. The first kappa shape index (κ1) is 14.2. The Balaban J connectivity index is 1.86. The van der Waals surface area contributed by atoms with E-state index in [0.717, 1.165) is 31.4 Å². The number of benzene rings is 2. The summed E-state index contributed by atoms with van der Waals surface area (Å²) in [5.74, 6) is 0.986. The van der Waals surface area contributed by atoms with E-state index in [0.29, 0.717) is 0 Å². The fourth-order valence-corrected chi connectivity index (χ4v) is 3.17. The fourth-order valence-electron chi connectivity index (χ4n) is 3.17. The first-order valence-corrected chi connectivity index (χ1v) is 7.87. The second-order valence-corrected chi connectivity index (χ2v) is 5.73. The summed E-state index contributed by atoms with van der Waals surface area (Å²) >= 11 is 0. The number of ether oxygens (including phenoxy) is 1. The average Bonchev–Trinajstić information content (AvgIpc) is 2.68. The van der Waals surface area contributed by atoms with Crippen LogP contribution in [0.25, 0.3) is 0 Å². The van der Waals surface area contributed by atoms with Crippen LogP contribution in [-0.4, -0.2) is 6.10 Å². The Labute approximate surface area is 126 Å². The maximum absolute atomic E-state index is 6.50. The van der Waals surface area contributed by atoms with Gasteiger partial charge >= 0.3 is 0 Å². The molecule has 0 heterocycles. The number of hydrogen-bond donors (Lipinski definition) is 1. The lowest BCUT2D eigenvalue weighted by molar-refractivity contribution is 0.161. The van der Waals surface area contributed by atoms with Crippen molar-refractivity contribution < 1.29 is 4.74 Å². The minimum absolute atomic E-state index is 0.0476. The third-order valence-electron chi connectivity index (χ3n) is 4.38. The zero-order valence-electron chi connectivity index (χ0n) is 12.6. The van der Waals surface area contributed by atoms with E-state index in [9.17, 15) is 0 Å². The molecule has 0 aromatic heterocycles. The monoisotopic (exact) mass is 281 g/mol. The molecule has 3 rings (SSSR count). The zero-order valence-corrected chi connectivity index (χ0v) is 12.6. The second kappa shape index (κ2) is 6.31. The molecule has 1 aliphatic rings. The number of rotatable bonds is 3. The minimum Gasteiger partial charge on any atom is -0.488 e. The maximum atomic E-state index is 6.50. The molecule has 2 atom stereocenters. The SMILES string of the molecule is CCc1ccccc1OC1CCCc2ccccc2C1N. The minimum atomic E-state index is -0.0476. The number of nitrogens with two attached hydrogens (primary N) is 1. The Morgan fingerprint density at radius 3 is 2.71 bits per heavy atom. The average molecular weight is 281 g/mol. The lowest BCUT2D eigenvalue weighted by atomic mass is 9.98. The predicted molar refractivity (Wildman–Crippen MR) is 86.5 cm³/mol. The molecule has 2 N–H and O–H groups in total. The van der Waals surface area contributed by atoms with Gasteiger partial charge in [-0.15, -0.1) is 0 Å². The molecule has 0 amide bonds. The van der Waals surface area contributed by atoms with E-state index in [1.54, 1.807) is 0 Å². The summed E-state index contributed by atoms with van der Waals surface area (Å²) in [6, 6.07) is 16.7. The molecule has 2 heteroatoms. The molecule has 2 unspecified atom stereocenters. The van der Waals surface area contributed by atoms with Gasteiger partial charge in [-0.2, -0.15) is 0 Å². The van der Waals surface area contributed by atoms with Crippen molar-refractivity contribution in [1.29, 1.82) is 0 Å². The lowest BCUT2D eigenvalue weighted by Gasteiger charge is -2.25. The maximum Gasteiger partial charge on any atom is 0.122 e. The molecule has 0 fully saturated rings. The Morgan fingerprint density at radius 1 is 1.10 bits per heavy atom. The number of hydrogen-bond acceptors (Lipinski definition) is 2. The molecule has 2 nitrogen and oxygen atoms in total. The van der Waals surface area contributed by atoms with Gasteiger partial charge in [0.25, 0.3) is 0 Å². The van der Waals surface area contributed by atoms with Crippen LogP contribution in [-0.2, 0) is 12.8 Å². The molecular formula is C19H23NO. The van der Waals surface area contributed by atoms with Gasteiger partial charge in [-0.05, 0) is 48.4 Å². The normalized spacial score (nSPS) is 21.4. The fraction of sp³-hybridized carbons (Fsp3) is 0.368. The zero-order chi connectivity index (χ0) is 14.7. The molecule has 0 saturated carbocycles. The Morgan fingerprint density at radius 2 is 1.86 bits per heavy atom. The highest BCUT2D eigenvalue weighted by Crippen LogP contribution is 2.31. The Bertz CT molecular complexity index is 608. The molecular weight excluding hydrogens is 258 g/mol. The molecule has 110 valence electrons. The molecule has 0 bridgehead atoms. The summed E-state index contributed by atoms with van der Waals surface area (Å²) < 4.78 is 6.30. The van der Waals surface area contributed by atoms with E-state index in [2.05, 4.69) is 49.4 Å². The lowest BCUT2D eigenvalue weighted by Crippen LogP contribution is -2.31. The van der Waals surface area contributed by atoms with Crippen LogP contribution in [0.2, 0.25) is 0 Å². The molecule has 2 aromatic rings. The van der Waals surface area contributed by atoms with Crippen molar-refractivity contribution in [2.24, 2.45) is 5.73 Å². The van der Waals surface area contributed by atoms with Gasteiger partial charge in [0.1, 0.15) is 11.9 Å². The standard InChI is InChI=1S/C19H23NO/c1-2-14-8-4-6-12-17(14)21-18-13-7-10-15-9-3-5-11-16(15)19(18)20/h3-6,8-9,11-12,18-19H,2,7,10,13,20H2,1H3. The van der Waals surface area contributed by atoms with Gasteiger partial charge in [-0.3, -0.25) is 0 Å². The third-order valence-corrected chi connectivity index (χ3v) is 4.38. The second-order valence-electron chi connectivity index (χ2n) is 5.73. The predicted octanol–water partition coefficient (Wildman–Crippen LogP) is 4.03. The summed E-state index contributed by atoms with van der Waals surface area (Å²) in [5.41, 5.74) is 10.4.